The van der Waals surface area contributed by atoms with Gasteiger partial charge in [-0.2, -0.15) is 0 Å². The number of nitrogens with zero attached hydrogens (tertiary/aromatic N) is 1. The van der Waals surface area contributed by atoms with E-state index in [1.807, 2.05) is 0 Å². The monoisotopic (exact) mass is 711 g/mol. The summed E-state index contributed by atoms with van der Waals surface area (Å²) in [4.78, 5) is 0. The third-order valence-corrected chi connectivity index (χ3v) is 11.7. The minimum Gasteiger partial charge on any atom is -0.309 e. The van der Waals surface area contributed by atoms with Crippen LogP contribution in [0.3, 0.4) is 0 Å². The smallest absolute Gasteiger partial charge is 0.0626 e. The molecule has 1 heterocycles. The summed E-state index contributed by atoms with van der Waals surface area (Å²) in [6, 6.07) is 80.2. The molecule has 1 heteroatoms. The standard InChI is InChI=1S/C55H37N/c1-3-15-37(16-4-1)38-27-29-41(30-28-38)52(47-23-11-9-20-44(47)39-17-5-2-6-18-39)42-31-34-43(35-32-42)56-51-26-14-13-25-50(51)54-53-45-21-8-7-19-40(45)33-36-48(53)46-22-10-12-24-49(46)55(54)56/h1-36,52H/t52-/m1/s1. The molecule has 0 radical (unpaired) electrons. The second-order valence-corrected chi connectivity index (χ2v) is 14.8. The number of fused-ring (bicyclic) bond motifs is 10. The van der Waals surface area contributed by atoms with Crippen LogP contribution in [0.25, 0.3) is 82.1 Å². The van der Waals surface area contributed by atoms with Gasteiger partial charge >= 0.3 is 0 Å². The van der Waals surface area contributed by atoms with Gasteiger partial charge < -0.3 is 4.57 Å². The highest BCUT2D eigenvalue weighted by atomic mass is 15.0. The maximum Gasteiger partial charge on any atom is 0.0626 e. The van der Waals surface area contributed by atoms with Crippen LogP contribution in [0, 0.1) is 0 Å². The molecule has 0 fully saturated rings. The van der Waals surface area contributed by atoms with E-state index in [1.165, 1.54) is 93.1 Å². The first-order valence-corrected chi connectivity index (χ1v) is 19.5. The lowest BCUT2D eigenvalue weighted by Crippen LogP contribution is -2.06. The van der Waals surface area contributed by atoms with Gasteiger partial charge in [0.1, 0.15) is 0 Å². The van der Waals surface area contributed by atoms with Crippen molar-refractivity contribution < 1.29 is 0 Å². The first-order valence-electron chi connectivity index (χ1n) is 19.5. The Morgan fingerprint density at radius 3 is 1.62 bits per heavy atom. The van der Waals surface area contributed by atoms with Gasteiger partial charge in [0.25, 0.3) is 0 Å². The predicted molar refractivity (Wildman–Crippen MR) is 238 cm³/mol. The van der Waals surface area contributed by atoms with E-state index < -0.39 is 0 Å². The molecule has 11 aromatic rings. The minimum absolute atomic E-state index is 0.0274. The summed E-state index contributed by atoms with van der Waals surface area (Å²) < 4.78 is 2.50. The normalized spacial score (nSPS) is 12.2. The van der Waals surface area contributed by atoms with Crippen molar-refractivity contribution in [3.8, 4) is 27.9 Å². The number of hydrogen-bond donors (Lipinski definition) is 0. The summed E-state index contributed by atoms with van der Waals surface area (Å²) in [6.45, 7) is 0. The van der Waals surface area contributed by atoms with Crippen molar-refractivity contribution in [2.24, 2.45) is 0 Å². The van der Waals surface area contributed by atoms with Crippen LogP contribution in [0.15, 0.2) is 218 Å². The summed E-state index contributed by atoms with van der Waals surface area (Å²) in [6.07, 6.45) is 0. The molecule has 1 nitrogen and oxygen atoms in total. The maximum absolute atomic E-state index is 2.50. The van der Waals surface area contributed by atoms with Gasteiger partial charge in [-0.05, 0) is 78.7 Å². The molecule has 11 rings (SSSR count). The van der Waals surface area contributed by atoms with Crippen molar-refractivity contribution in [1.29, 1.82) is 0 Å². The average Bonchev–Trinajstić information content (AvgIpc) is 3.63. The van der Waals surface area contributed by atoms with Crippen LogP contribution < -0.4 is 0 Å². The zero-order valence-electron chi connectivity index (χ0n) is 30.8. The highest BCUT2D eigenvalue weighted by molar-refractivity contribution is 6.36. The van der Waals surface area contributed by atoms with Crippen LogP contribution in [0.1, 0.15) is 22.6 Å². The van der Waals surface area contributed by atoms with Gasteiger partial charge in [0.05, 0.1) is 11.0 Å². The second-order valence-electron chi connectivity index (χ2n) is 14.8. The summed E-state index contributed by atoms with van der Waals surface area (Å²) in [7, 11) is 0. The topological polar surface area (TPSA) is 4.93 Å². The molecule has 56 heavy (non-hydrogen) atoms. The van der Waals surface area contributed by atoms with Gasteiger partial charge in [0.2, 0.25) is 0 Å². The van der Waals surface area contributed by atoms with E-state index in [-0.39, 0.29) is 5.92 Å². The zero-order valence-corrected chi connectivity index (χ0v) is 30.8. The lowest BCUT2D eigenvalue weighted by Gasteiger charge is -2.23. The van der Waals surface area contributed by atoms with Crippen molar-refractivity contribution in [3.05, 3.63) is 235 Å². The fourth-order valence-corrected chi connectivity index (χ4v) is 9.20. The van der Waals surface area contributed by atoms with Crippen LogP contribution in [-0.2, 0) is 0 Å². The summed E-state index contributed by atoms with van der Waals surface area (Å²) >= 11 is 0. The number of hydrogen-bond acceptors (Lipinski definition) is 0. The Morgan fingerprint density at radius 2 is 0.875 bits per heavy atom. The molecule has 0 amide bonds. The number of aromatic nitrogens is 1. The predicted octanol–water partition coefficient (Wildman–Crippen LogP) is 14.8. The van der Waals surface area contributed by atoms with Crippen molar-refractivity contribution >= 4 is 54.1 Å². The molecule has 0 unspecified atom stereocenters. The van der Waals surface area contributed by atoms with E-state index in [0.717, 1.165) is 5.69 Å². The Hall–Kier alpha value is -7.22. The largest absolute Gasteiger partial charge is 0.309 e. The second kappa shape index (κ2) is 13.3. The SMILES string of the molecule is c1ccc(-c2ccc([C@H](c3ccc(-n4c5ccccc5c5c6c7ccccc7ccc6c6ccccc6c54)cc3)c3ccccc3-c3ccccc3)cc2)cc1. The number of rotatable bonds is 6. The third-order valence-electron chi connectivity index (χ3n) is 11.7. The van der Waals surface area contributed by atoms with Crippen LogP contribution in [0.2, 0.25) is 0 Å². The lowest BCUT2D eigenvalue weighted by atomic mass is 9.81. The first-order chi connectivity index (χ1) is 27.8. The van der Waals surface area contributed by atoms with Crippen molar-refractivity contribution in [2.45, 2.75) is 5.92 Å². The number of benzene rings is 10. The highest BCUT2D eigenvalue weighted by Crippen LogP contribution is 2.45. The van der Waals surface area contributed by atoms with E-state index in [1.54, 1.807) is 0 Å². The van der Waals surface area contributed by atoms with Crippen LogP contribution >= 0.6 is 0 Å². The fourth-order valence-electron chi connectivity index (χ4n) is 9.20. The Bertz CT molecular complexity index is 3210. The Kier molecular flexibility index (Phi) is 7.64. The first kappa shape index (κ1) is 32.2. The Balaban J connectivity index is 1.14. The van der Waals surface area contributed by atoms with Crippen molar-refractivity contribution in [3.63, 3.8) is 0 Å². The van der Waals surface area contributed by atoms with Crippen molar-refractivity contribution in [1.82, 2.24) is 4.57 Å². The molecule has 0 N–H and O–H groups in total. The summed E-state index contributed by atoms with van der Waals surface area (Å²) in [5.74, 6) is 0.0274. The van der Waals surface area contributed by atoms with Gasteiger partial charge in [0.15, 0.2) is 0 Å². The van der Waals surface area contributed by atoms with Crippen LogP contribution in [0.5, 0.6) is 0 Å². The molecule has 262 valence electrons. The minimum atomic E-state index is 0.0274. The summed E-state index contributed by atoms with van der Waals surface area (Å²) in [5, 5.41) is 10.3. The molecule has 0 aliphatic carbocycles. The average molecular weight is 712 g/mol. The lowest BCUT2D eigenvalue weighted by molar-refractivity contribution is 0.977. The Labute approximate surface area is 326 Å². The van der Waals surface area contributed by atoms with Gasteiger partial charge in [-0.3, -0.25) is 0 Å². The molecule has 10 aromatic carbocycles. The molecule has 1 atom stereocenters. The molecular weight excluding hydrogens is 675 g/mol. The highest BCUT2D eigenvalue weighted by Gasteiger charge is 2.23. The molecule has 0 saturated heterocycles. The zero-order chi connectivity index (χ0) is 37.0. The molecule has 0 aliphatic heterocycles. The van der Waals surface area contributed by atoms with E-state index in [9.17, 15) is 0 Å². The quantitative estimate of drug-likeness (QED) is 0.120. The van der Waals surface area contributed by atoms with Crippen LogP contribution in [0.4, 0.5) is 0 Å². The van der Waals surface area contributed by atoms with E-state index >= 15 is 0 Å². The van der Waals surface area contributed by atoms with Gasteiger partial charge in [-0.25, -0.2) is 0 Å². The Morgan fingerprint density at radius 1 is 0.321 bits per heavy atom. The van der Waals surface area contributed by atoms with E-state index in [0.29, 0.717) is 0 Å². The van der Waals surface area contributed by atoms with E-state index in [2.05, 4.69) is 223 Å². The van der Waals surface area contributed by atoms with E-state index in [4.69, 9.17) is 0 Å². The molecule has 0 saturated carbocycles. The van der Waals surface area contributed by atoms with Crippen molar-refractivity contribution in [2.75, 3.05) is 0 Å². The fraction of sp³-hybridized carbons (Fsp3) is 0.0182. The third kappa shape index (κ3) is 5.16. The maximum atomic E-state index is 2.50. The van der Waals surface area contributed by atoms with Gasteiger partial charge in [-0.1, -0.05) is 200 Å². The molecule has 1 aromatic heterocycles. The molecule has 0 spiro atoms. The molecule has 0 aliphatic rings. The summed E-state index contributed by atoms with van der Waals surface area (Å²) in [5.41, 5.74) is 12.4. The molecular formula is C55H37N. The van der Waals surface area contributed by atoms with Gasteiger partial charge in [0, 0.05) is 33.2 Å². The van der Waals surface area contributed by atoms with Crippen LogP contribution in [-0.4, -0.2) is 4.57 Å². The number of para-hydroxylation sites is 1. The molecule has 0 bridgehead atoms. The van der Waals surface area contributed by atoms with Gasteiger partial charge in [-0.15, -0.1) is 0 Å².